The maximum atomic E-state index is 14.0. The quantitative estimate of drug-likeness (QED) is 0.0488. The Morgan fingerprint density at radius 2 is 0.798 bits per heavy atom. The zero-order valence-electron chi connectivity index (χ0n) is 64.7. The molecular weight excluding hydrogens is 1460 g/mol. The van der Waals surface area contributed by atoms with Crippen LogP contribution in [0.4, 0.5) is 35.1 Å². The first-order valence-electron chi connectivity index (χ1n) is 37.9. The van der Waals surface area contributed by atoms with Crippen LogP contribution in [0.3, 0.4) is 0 Å². The minimum Gasteiger partial charge on any atom is -0.459 e. The highest BCUT2D eigenvalue weighted by Gasteiger charge is 2.69. The van der Waals surface area contributed by atoms with Crippen molar-refractivity contribution in [1.29, 1.82) is 0 Å². The number of benzene rings is 1. The number of alkyl halides is 3. The monoisotopic (exact) mass is 1570 g/mol. The summed E-state index contributed by atoms with van der Waals surface area (Å²) in [7, 11) is 0. The van der Waals surface area contributed by atoms with Gasteiger partial charge in [0.15, 0.2) is 103 Å². The van der Waals surface area contributed by atoms with Gasteiger partial charge >= 0.3 is 53.9 Å². The zero-order valence-corrected chi connectivity index (χ0v) is 64.7. The maximum Gasteiger partial charge on any atom is 0.425 e. The number of hydrogen-bond acceptors (Lipinski definition) is 25. The highest BCUT2D eigenvalue weighted by Crippen LogP contribution is 2.54. The molecule has 9 heterocycles. The van der Waals surface area contributed by atoms with Crippen molar-refractivity contribution in [3.8, 4) is 0 Å². The molecule has 3 aliphatic carbocycles. The van der Waals surface area contributed by atoms with E-state index in [1.165, 1.54) is 12.8 Å². The highest BCUT2D eigenvalue weighted by atomic mass is 19.4. The van der Waals surface area contributed by atoms with Gasteiger partial charge in [0, 0.05) is 25.7 Å². The molecule has 33 heteroatoms. The lowest BCUT2D eigenvalue weighted by Crippen LogP contribution is -2.43. The third-order valence-electron chi connectivity index (χ3n) is 24.1. The van der Waals surface area contributed by atoms with Crippen molar-refractivity contribution in [2.45, 2.75) is 355 Å². The van der Waals surface area contributed by atoms with Gasteiger partial charge in [-0.25, -0.2) is 36.3 Å². The average Bonchev–Trinajstić information content (AvgIpc) is 1.58. The van der Waals surface area contributed by atoms with E-state index in [1.54, 1.807) is 48.5 Å². The molecule has 0 amide bonds. The molecule has 0 bridgehead atoms. The third kappa shape index (κ3) is 17.3. The number of ether oxygens (including phenoxy) is 17. The van der Waals surface area contributed by atoms with Crippen LogP contribution >= 0.6 is 0 Å². The molecule has 9 aliphatic heterocycles. The Morgan fingerprint density at radius 1 is 0.440 bits per heavy atom. The van der Waals surface area contributed by atoms with Crippen LogP contribution in [0.1, 0.15) is 239 Å². The normalized spacial score (nSPS) is 35.0. The zero-order chi connectivity index (χ0) is 80.6. The van der Waals surface area contributed by atoms with E-state index in [0.29, 0.717) is 25.2 Å². The number of halogens is 8. The lowest BCUT2D eigenvalue weighted by atomic mass is 9.71. The molecule has 1 aromatic rings. The molecule has 9 saturated heterocycles. The summed E-state index contributed by atoms with van der Waals surface area (Å²) in [6.07, 6.45) is -10.6. The minimum atomic E-state index is -4.62. The number of carbonyl (C=O) groups excluding carboxylic acids is 8. The molecule has 3 saturated carbocycles. The molecule has 109 heavy (non-hydrogen) atoms. The van der Waals surface area contributed by atoms with Crippen LogP contribution in [0.15, 0.2) is 0 Å². The predicted octanol–water partition coefficient (Wildman–Crippen LogP) is 12.6. The van der Waals surface area contributed by atoms with Gasteiger partial charge in [-0.1, -0.05) is 55.4 Å². The summed E-state index contributed by atoms with van der Waals surface area (Å²) < 4.78 is 201. The van der Waals surface area contributed by atoms with Crippen LogP contribution in [0.2, 0.25) is 0 Å². The molecule has 12 aliphatic rings. The molecule has 2 unspecified atom stereocenters. The number of fused-ring (bicyclic) bond motifs is 9. The van der Waals surface area contributed by atoms with E-state index in [2.05, 4.69) is 32.4 Å². The Balaban J connectivity index is 0.000000160. The smallest absolute Gasteiger partial charge is 0.425 e. The number of esters is 8. The predicted molar refractivity (Wildman–Crippen MR) is 356 cm³/mol. The summed E-state index contributed by atoms with van der Waals surface area (Å²) in [5.74, 6) is -17.5. The van der Waals surface area contributed by atoms with Gasteiger partial charge in [0.1, 0.15) is 23.9 Å². The van der Waals surface area contributed by atoms with Crippen LogP contribution in [0.25, 0.3) is 0 Å². The van der Waals surface area contributed by atoms with Gasteiger partial charge in [0.2, 0.25) is 24.1 Å². The summed E-state index contributed by atoms with van der Waals surface area (Å²) in [6, 6.07) is 0. The Kier molecular flexibility index (Phi) is 24.9. The van der Waals surface area contributed by atoms with E-state index in [1.807, 2.05) is 34.6 Å². The average molecular weight is 1570 g/mol. The first-order valence-corrected chi connectivity index (χ1v) is 37.9. The van der Waals surface area contributed by atoms with Crippen LogP contribution in [-0.4, -0.2) is 169 Å². The topological polar surface area (TPSA) is 293 Å². The summed E-state index contributed by atoms with van der Waals surface area (Å²) in [5, 5.41) is 0. The summed E-state index contributed by atoms with van der Waals surface area (Å²) in [5.41, 5.74) is -3.85. The van der Waals surface area contributed by atoms with Crippen molar-refractivity contribution in [3.63, 3.8) is 0 Å². The first-order chi connectivity index (χ1) is 50.6. The Hall–Kier alpha value is -5.94. The van der Waals surface area contributed by atoms with Gasteiger partial charge in [-0.15, -0.1) is 0 Å². The standard InChI is InChI=1S/C22H29F3O9.C22H34O7.C19H17F5O7.C13H24O2/c1-5-20(3,4)19(28)32-14-12-13(30-17(14)27)15-18(31-12)34-21(33-15)8-6-11(7-9-21)16(26)29-10(2)22(23,24)25;1-7-21(5,6)19(24)27-15-13-14(25-17(15)23)16-18(26-13)29-22(28-16)10-8-12(9-11-22)20(2,3)4;1-4-19(2,3)18(26)30-13-11-12(27-15(13)25)14-17(28-11)31-16(29-14)5-6(20)8(22)10(24)9(23)7(5)21;1-5-12(3,4)11(14)15-13(6-2)9-7-8-10-13/h10-15,18H,5-9H2,1-4H3;12-16,18H,7-11H2,1-6H3;11-14,16-17H,4H2,1-3H3;5-10H2,1-4H3/t10?,11?,12-,13-,14-,15+,18+,21?;12?,13-,14-,15-,16+,18+,22?;11-,12-,13-,14+,16?,17+;/m000./s1. The molecule has 13 rings (SSSR count). The van der Waals surface area contributed by atoms with Gasteiger partial charge < -0.3 is 80.5 Å². The molecular formula is C76H104F8O25. The molecule has 1 aromatic carbocycles. The molecule has 25 nitrogen and oxygen atoms in total. The van der Waals surface area contributed by atoms with Crippen LogP contribution in [0.5, 0.6) is 0 Å². The first kappa shape index (κ1) is 85.5. The van der Waals surface area contributed by atoms with E-state index >= 15 is 0 Å². The Bertz CT molecular complexity index is 3520. The maximum absolute atomic E-state index is 14.0. The van der Waals surface area contributed by atoms with Gasteiger partial charge in [-0.2, -0.15) is 13.2 Å². The number of hydrogen-bond donors (Lipinski definition) is 0. The lowest BCUT2D eigenvalue weighted by Gasteiger charge is -2.41. The van der Waals surface area contributed by atoms with E-state index in [9.17, 15) is 73.5 Å². The molecule has 614 valence electrons. The summed E-state index contributed by atoms with van der Waals surface area (Å²) in [6.45, 7) is 31.4. The molecule has 0 radical (unpaired) electrons. The highest BCUT2D eigenvalue weighted by molar-refractivity contribution is 5.86. The number of rotatable bonds is 16. The van der Waals surface area contributed by atoms with Crippen LogP contribution < -0.4 is 0 Å². The largest absolute Gasteiger partial charge is 0.459 e. The molecule has 17 atom stereocenters. The molecule has 2 spiro atoms. The van der Waals surface area contributed by atoms with Crippen molar-refractivity contribution < 1.29 is 154 Å². The number of carbonyl (C=O) groups is 8. The van der Waals surface area contributed by atoms with Gasteiger partial charge in [-0.3, -0.25) is 24.0 Å². The minimum absolute atomic E-state index is 0.0197. The Labute approximate surface area is 627 Å². The molecule has 12 fully saturated rings. The lowest BCUT2D eigenvalue weighted by molar-refractivity contribution is -0.252. The fraction of sp³-hybridized carbons (Fsp3) is 0.816. The summed E-state index contributed by atoms with van der Waals surface area (Å²) >= 11 is 0. The third-order valence-corrected chi connectivity index (χ3v) is 24.1. The molecule has 0 aromatic heterocycles. The van der Waals surface area contributed by atoms with Crippen molar-refractivity contribution >= 4 is 47.8 Å². The van der Waals surface area contributed by atoms with Crippen LogP contribution in [-0.2, 0) is 119 Å². The van der Waals surface area contributed by atoms with Crippen molar-refractivity contribution in [3.05, 3.63) is 34.6 Å². The van der Waals surface area contributed by atoms with Crippen LogP contribution in [0, 0.1) is 68.0 Å². The van der Waals surface area contributed by atoms with Crippen molar-refractivity contribution in [1.82, 2.24) is 0 Å². The second-order valence-electron chi connectivity index (χ2n) is 34.0. The second-order valence-corrected chi connectivity index (χ2v) is 34.0. The Morgan fingerprint density at radius 3 is 1.17 bits per heavy atom. The fourth-order valence-corrected chi connectivity index (χ4v) is 14.7. The summed E-state index contributed by atoms with van der Waals surface area (Å²) in [4.78, 5) is 98.2. The van der Waals surface area contributed by atoms with Gasteiger partial charge in [0.25, 0.3) is 0 Å². The fourth-order valence-electron chi connectivity index (χ4n) is 14.7. The van der Waals surface area contributed by atoms with E-state index < -0.39 is 221 Å². The van der Waals surface area contributed by atoms with Crippen molar-refractivity contribution in [2.75, 3.05) is 0 Å². The second kappa shape index (κ2) is 31.8. The van der Waals surface area contributed by atoms with E-state index in [0.717, 1.165) is 58.3 Å². The molecule has 0 N–H and O–H groups in total. The van der Waals surface area contributed by atoms with E-state index in [-0.39, 0.29) is 48.1 Å². The van der Waals surface area contributed by atoms with E-state index in [4.69, 9.17) is 75.8 Å². The SMILES string of the molecule is CCC(C)(C)C(=O)O[C@@H]1C(=O)O[C@@H]2[C@H]3OC(c4c(F)c(F)c(F)c(F)c4F)O[C@H]3O[C@@H]21.CCC(C)(C)C(=O)O[C@@H]1C(=O)O[C@@H]2[C@H]3OC4(CCC(C(=O)OC(C)C(F)(F)F)CC4)O[C@H]3O[C@@H]21.CCC(C)(C)C(=O)O[C@@H]1C(=O)O[C@@H]2[C@H]3OC4(CCC(C(C)(C)C)CC4)O[C@H]3O[C@@H]21.CCC1(OC(=O)C(C)(C)CC)CCCC1. The van der Waals surface area contributed by atoms with Crippen molar-refractivity contribution in [2.24, 2.45) is 38.9 Å². The van der Waals surface area contributed by atoms with Gasteiger partial charge in [0.05, 0.1) is 33.1 Å². The van der Waals surface area contributed by atoms with Gasteiger partial charge in [-0.05, 0) is 157 Å².